The van der Waals surface area contributed by atoms with Crippen LogP contribution >= 0.6 is 0 Å². The molecular weight excluding hydrogens is 611 g/mol. The number of hydrogen-bond donors (Lipinski definition) is 0. The molecular formula is C45H23N5. The zero-order valence-corrected chi connectivity index (χ0v) is 26.5. The van der Waals surface area contributed by atoms with Crippen molar-refractivity contribution < 1.29 is 0 Å². The minimum atomic E-state index is 0.555. The van der Waals surface area contributed by atoms with Crippen molar-refractivity contribution in [1.29, 1.82) is 15.8 Å². The number of rotatable bonds is 4. The van der Waals surface area contributed by atoms with E-state index in [-0.39, 0.29) is 0 Å². The van der Waals surface area contributed by atoms with Crippen molar-refractivity contribution in [3.05, 3.63) is 168 Å². The fraction of sp³-hybridized carbons (Fsp3) is 0. The second kappa shape index (κ2) is 11.3. The molecule has 7 aromatic carbocycles. The van der Waals surface area contributed by atoms with E-state index in [1.54, 1.807) is 0 Å². The topological polar surface area (TPSA) is 81.2 Å². The van der Waals surface area contributed by atoms with Crippen LogP contribution in [0.3, 0.4) is 0 Å². The Morgan fingerprint density at radius 2 is 1.18 bits per heavy atom. The molecule has 0 N–H and O–H groups in total. The molecule has 0 amide bonds. The van der Waals surface area contributed by atoms with Gasteiger partial charge in [0, 0.05) is 32.8 Å². The Hall–Kier alpha value is -7.57. The summed E-state index contributed by atoms with van der Waals surface area (Å²) in [6, 6.07) is 59.6. The molecule has 5 nitrogen and oxygen atoms in total. The van der Waals surface area contributed by atoms with Crippen LogP contribution in [-0.4, -0.2) is 9.13 Å². The molecule has 0 aliphatic rings. The molecule has 0 atom stereocenters. The van der Waals surface area contributed by atoms with Crippen molar-refractivity contribution in [2.45, 2.75) is 0 Å². The molecule has 0 saturated carbocycles. The number of aromatic nitrogens is 2. The molecule has 0 bridgehead atoms. The minimum absolute atomic E-state index is 0.555. The van der Waals surface area contributed by atoms with Gasteiger partial charge in [-0.2, -0.15) is 15.8 Å². The zero-order chi connectivity index (χ0) is 33.8. The molecule has 9 aromatic rings. The van der Waals surface area contributed by atoms with Crippen molar-refractivity contribution in [1.82, 2.24) is 9.13 Å². The van der Waals surface area contributed by atoms with Crippen LogP contribution in [0.1, 0.15) is 16.7 Å². The highest BCUT2D eigenvalue weighted by Crippen LogP contribution is 2.39. The average Bonchev–Trinajstić information content (AvgIpc) is 3.70. The van der Waals surface area contributed by atoms with Gasteiger partial charge in [-0.05, 0) is 95.6 Å². The maximum Gasteiger partial charge on any atom is 0.105 e. The third-order valence-corrected chi connectivity index (χ3v) is 9.51. The molecule has 0 spiro atoms. The molecule has 0 aliphatic carbocycles. The van der Waals surface area contributed by atoms with E-state index in [9.17, 15) is 15.8 Å². The van der Waals surface area contributed by atoms with Crippen molar-refractivity contribution in [2.24, 2.45) is 0 Å². The van der Waals surface area contributed by atoms with Crippen LogP contribution in [0.5, 0.6) is 0 Å². The van der Waals surface area contributed by atoms with E-state index in [4.69, 9.17) is 0 Å². The van der Waals surface area contributed by atoms with E-state index in [0.717, 1.165) is 77.2 Å². The van der Waals surface area contributed by atoms with Gasteiger partial charge in [-0.25, -0.2) is 0 Å². The summed E-state index contributed by atoms with van der Waals surface area (Å²) in [5.74, 6) is 0. The van der Waals surface area contributed by atoms with Crippen LogP contribution in [0.2, 0.25) is 0 Å². The van der Waals surface area contributed by atoms with E-state index in [1.165, 1.54) is 0 Å². The minimum Gasteiger partial charge on any atom is -0.309 e. The molecule has 9 rings (SSSR count). The molecule has 50 heavy (non-hydrogen) atoms. The van der Waals surface area contributed by atoms with Gasteiger partial charge >= 0.3 is 0 Å². The van der Waals surface area contributed by atoms with E-state index in [2.05, 4.69) is 112 Å². The van der Waals surface area contributed by atoms with Crippen LogP contribution in [0.25, 0.3) is 77.2 Å². The Kier molecular flexibility index (Phi) is 6.47. The van der Waals surface area contributed by atoms with Crippen molar-refractivity contribution in [3.63, 3.8) is 0 Å². The summed E-state index contributed by atoms with van der Waals surface area (Å²) in [5, 5.41) is 33.6. The normalized spacial score (nSPS) is 11.0. The number of benzene rings is 6. The second-order valence-corrected chi connectivity index (χ2v) is 12.1. The summed E-state index contributed by atoms with van der Waals surface area (Å²) in [7, 11) is 0. The first-order valence-corrected chi connectivity index (χ1v) is 16.1. The van der Waals surface area contributed by atoms with E-state index < -0.39 is 0 Å². The van der Waals surface area contributed by atoms with Crippen molar-refractivity contribution in [2.75, 3.05) is 0 Å². The third-order valence-electron chi connectivity index (χ3n) is 9.51. The quantitative estimate of drug-likeness (QED) is 0.193. The first-order valence-electron chi connectivity index (χ1n) is 16.1. The zero-order valence-electron chi connectivity index (χ0n) is 26.5. The number of nitriles is 3. The van der Waals surface area contributed by atoms with Gasteiger partial charge in [0.2, 0.25) is 0 Å². The summed E-state index contributed by atoms with van der Waals surface area (Å²) in [5.41, 5.74) is 11.3. The van der Waals surface area contributed by atoms with Gasteiger partial charge in [-0.15, -0.1) is 0 Å². The molecule has 2 heterocycles. The molecule has 0 radical (unpaired) electrons. The number of nitrogens with zero attached hydrogens (tertiary/aromatic N) is 5. The van der Waals surface area contributed by atoms with Crippen LogP contribution in [0.15, 0.2) is 140 Å². The van der Waals surface area contributed by atoms with E-state index in [0.29, 0.717) is 16.7 Å². The Labute approximate surface area is 287 Å². The SMILES string of the molecule is N#Cc1ccc2c(c1)c1c(C#N)cccc1n2-c1ccc(-c2ccc(-c3c(C#N)cccc3-n3c4c#cccc4c4ccccc43)cc2)cc1. The fourth-order valence-corrected chi connectivity index (χ4v) is 7.31. The molecule has 228 valence electrons. The molecule has 2 aromatic heterocycles. The highest BCUT2D eigenvalue weighted by atomic mass is 15.0. The smallest absolute Gasteiger partial charge is 0.105 e. The molecule has 5 heteroatoms. The number of fused-ring (bicyclic) bond motifs is 6. The predicted molar refractivity (Wildman–Crippen MR) is 198 cm³/mol. The summed E-state index contributed by atoms with van der Waals surface area (Å²) in [6.45, 7) is 0. The van der Waals surface area contributed by atoms with Gasteiger partial charge < -0.3 is 9.13 Å². The highest BCUT2D eigenvalue weighted by Gasteiger charge is 2.19. The van der Waals surface area contributed by atoms with E-state index >= 15 is 0 Å². The Balaban J connectivity index is 1.13. The summed E-state index contributed by atoms with van der Waals surface area (Å²) >= 11 is 0. The van der Waals surface area contributed by atoms with Gasteiger partial charge in [0.25, 0.3) is 0 Å². The Morgan fingerprint density at radius 3 is 1.96 bits per heavy atom. The highest BCUT2D eigenvalue weighted by molar-refractivity contribution is 6.12. The largest absolute Gasteiger partial charge is 0.309 e. The van der Waals surface area contributed by atoms with Crippen molar-refractivity contribution in [3.8, 4) is 51.8 Å². The standard InChI is InChI=1S/C45H23N5/c46-26-29-15-24-41-38(25-29)45-34(28-48)8-6-14-43(45)49(41)35-22-20-31(21-23-35)30-16-18-32(19-17-30)44-33(27-47)7-5-13-42(44)50-39-11-3-1-9-36(39)37-10-2-4-12-40(37)50/h1-3,5-11,13-25H. The van der Waals surface area contributed by atoms with Gasteiger partial charge in [0.15, 0.2) is 0 Å². The van der Waals surface area contributed by atoms with Crippen molar-refractivity contribution >= 4 is 43.6 Å². The summed E-state index contributed by atoms with van der Waals surface area (Å²) < 4.78 is 4.32. The Bertz CT molecular complexity index is 2890. The molecule has 0 fully saturated rings. The fourth-order valence-electron chi connectivity index (χ4n) is 7.31. The van der Waals surface area contributed by atoms with Crippen LogP contribution in [-0.2, 0) is 0 Å². The third kappa shape index (κ3) is 4.26. The summed E-state index contributed by atoms with van der Waals surface area (Å²) in [6.07, 6.45) is 0. The second-order valence-electron chi connectivity index (χ2n) is 12.1. The lowest BCUT2D eigenvalue weighted by Gasteiger charge is -2.15. The maximum absolute atomic E-state index is 10.2. The lowest BCUT2D eigenvalue weighted by molar-refractivity contribution is 1.18. The first kappa shape index (κ1) is 28.6. The maximum atomic E-state index is 10.2. The number of para-hydroxylation sites is 1. The molecule has 0 aliphatic heterocycles. The van der Waals surface area contributed by atoms with E-state index in [1.807, 2.05) is 66.7 Å². The average molecular weight is 634 g/mol. The van der Waals surface area contributed by atoms with Crippen LogP contribution < -0.4 is 0 Å². The predicted octanol–water partition coefficient (Wildman–Crippen LogP) is 10.4. The van der Waals surface area contributed by atoms with Gasteiger partial charge in [-0.3, -0.25) is 0 Å². The summed E-state index contributed by atoms with van der Waals surface area (Å²) in [4.78, 5) is 0. The monoisotopic (exact) mass is 633 g/mol. The lowest BCUT2D eigenvalue weighted by atomic mass is 9.95. The lowest BCUT2D eigenvalue weighted by Crippen LogP contribution is -1.99. The van der Waals surface area contributed by atoms with Gasteiger partial charge in [0.05, 0.1) is 57.1 Å². The Morgan fingerprint density at radius 1 is 0.500 bits per heavy atom. The molecule has 0 unspecified atom stereocenters. The van der Waals surface area contributed by atoms with Crippen LogP contribution in [0, 0.1) is 46.1 Å². The van der Waals surface area contributed by atoms with Crippen LogP contribution in [0.4, 0.5) is 0 Å². The first-order chi connectivity index (χ1) is 24.7. The number of hydrogen-bond acceptors (Lipinski definition) is 3. The van der Waals surface area contributed by atoms with Gasteiger partial charge in [-0.1, -0.05) is 72.8 Å². The van der Waals surface area contributed by atoms with Gasteiger partial charge in [0.1, 0.15) is 5.52 Å². The molecule has 0 saturated heterocycles.